The molecule has 2 unspecified atom stereocenters. The predicted molar refractivity (Wildman–Crippen MR) is 162 cm³/mol. The molecule has 4 aliphatic carbocycles. The predicted octanol–water partition coefficient (Wildman–Crippen LogP) is 5.78. The van der Waals surface area contributed by atoms with Crippen LogP contribution < -0.4 is 20.7 Å². The number of hydrogen-bond donors (Lipinski definition) is 4. The van der Waals surface area contributed by atoms with E-state index in [0.717, 1.165) is 25.3 Å². The van der Waals surface area contributed by atoms with Crippen molar-refractivity contribution < 1.29 is 23.8 Å². The maximum atomic E-state index is 13.7. The van der Waals surface area contributed by atoms with Crippen molar-refractivity contribution in [3.63, 3.8) is 0 Å². The second-order valence-corrected chi connectivity index (χ2v) is 14.3. The van der Waals surface area contributed by atoms with Crippen LogP contribution in [0.1, 0.15) is 103 Å². The van der Waals surface area contributed by atoms with Crippen molar-refractivity contribution in [2.75, 3.05) is 13.2 Å². The van der Waals surface area contributed by atoms with Gasteiger partial charge in [-0.25, -0.2) is 4.39 Å². The van der Waals surface area contributed by atoms with E-state index in [2.05, 4.69) is 16.0 Å². The molecule has 7 nitrogen and oxygen atoms in total. The lowest BCUT2D eigenvalue weighted by Gasteiger charge is -2.56. The summed E-state index contributed by atoms with van der Waals surface area (Å²) in [6.07, 6.45) is 15.0. The molecule has 1 aliphatic heterocycles. The molecule has 42 heavy (non-hydrogen) atoms. The van der Waals surface area contributed by atoms with Gasteiger partial charge in [0, 0.05) is 18.2 Å². The van der Waals surface area contributed by atoms with Crippen molar-refractivity contribution >= 4 is 35.0 Å². The highest BCUT2D eigenvalue weighted by Crippen LogP contribution is 2.48. The molecule has 4 N–H and O–H groups in total. The molecule has 5 fully saturated rings. The van der Waals surface area contributed by atoms with E-state index in [1.54, 1.807) is 0 Å². The van der Waals surface area contributed by atoms with E-state index in [0.29, 0.717) is 38.6 Å². The summed E-state index contributed by atoms with van der Waals surface area (Å²) in [6.45, 7) is 0.337. The van der Waals surface area contributed by atoms with Crippen LogP contribution in [0.4, 0.5) is 4.39 Å². The number of alkyl halides is 1. The summed E-state index contributed by atoms with van der Waals surface area (Å²) in [6, 6.07) is 3.72. The van der Waals surface area contributed by atoms with Gasteiger partial charge in [0.15, 0.2) is 6.61 Å². The maximum absolute atomic E-state index is 13.7. The summed E-state index contributed by atoms with van der Waals surface area (Å²) >= 11 is 12.7. The molecule has 1 aromatic carbocycles. The average molecular weight is 627 g/mol. The molecule has 4 saturated carbocycles. The maximum Gasteiger partial charge on any atom is 0.258 e. The number of ether oxygens (including phenoxy) is 1. The first-order valence-electron chi connectivity index (χ1n) is 15.9. The highest BCUT2D eigenvalue weighted by atomic mass is 35.5. The standard InChI is InChI=1S/C32H46Cl2FN3O4/c33-23-10-9-22(17-24(23)35)42-21-28(40)37-32-15-13-31(14-16-32,19-27(32)39)38-29(41)25-18-30(26(34)20-36-25)11-7-5-3-1-2-4-6-8-12-30/h9-10,17,25-27,36,39H,1-8,11-16,18-21H2,(H,37,40)(H,38,41)/t25?,26?,27-,31?,32?/m0/s1. The molecule has 3 atom stereocenters. The Morgan fingerprint density at radius 3 is 2.21 bits per heavy atom. The Balaban J connectivity index is 1.16. The zero-order valence-corrected chi connectivity index (χ0v) is 26.0. The van der Waals surface area contributed by atoms with Gasteiger partial charge >= 0.3 is 0 Å². The van der Waals surface area contributed by atoms with E-state index >= 15 is 0 Å². The fourth-order valence-electron chi connectivity index (χ4n) is 7.95. The summed E-state index contributed by atoms with van der Waals surface area (Å²) in [7, 11) is 0. The number of hydrogen-bond acceptors (Lipinski definition) is 5. The Hall–Kier alpha value is -1.61. The van der Waals surface area contributed by atoms with Gasteiger partial charge in [0.2, 0.25) is 5.91 Å². The van der Waals surface area contributed by atoms with Gasteiger partial charge in [0.05, 0.1) is 28.1 Å². The van der Waals surface area contributed by atoms with E-state index in [4.69, 9.17) is 27.9 Å². The van der Waals surface area contributed by atoms with E-state index in [-0.39, 0.29) is 46.0 Å². The Kier molecular flexibility index (Phi) is 10.3. The summed E-state index contributed by atoms with van der Waals surface area (Å²) in [5.74, 6) is -0.787. The first-order chi connectivity index (χ1) is 20.1. The van der Waals surface area contributed by atoms with Gasteiger partial charge in [-0.05, 0) is 68.9 Å². The Labute approximate surface area is 259 Å². The molecule has 6 rings (SSSR count). The monoisotopic (exact) mass is 625 g/mol. The van der Waals surface area contributed by atoms with Crippen LogP contribution in [0.3, 0.4) is 0 Å². The third-order valence-corrected chi connectivity index (χ3v) is 11.5. The van der Waals surface area contributed by atoms with Gasteiger partial charge in [-0.1, -0.05) is 63.0 Å². The van der Waals surface area contributed by atoms with Crippen molar-refractivity contribution in [1.29, 1.82) is 0 Å². The third-order valence-electron chi connectivity index (χ3n) is 10.6. The SMILES string of the molecule is O=C(COc1ccc(Cl)c(F)c1)NC12CCC(NC(=O)C3CC4(CCCCCCCCCC4)C(Cl)CN3)(CC1)C[C@@H]2O. The average Bonchev–Trinajstić information content (AvgIpc) is 3.02. The van der Waals surface area contributed by atoms with Crippen LogP contribution in [0.25, 0.3) is 0 Å². The van der Waals surface area contributed by atoms with Crippen molar-refractivity contribution in [3.8, 4) is 5.75 Å². The fraction of sp³-hybridized carbons (Fsp3) is 0.750. The van der Waals surface area contributed by atoms with Crippen molar-refractivity contribution in [3.05, 3.63) is 29.0 Å². The minimum absolute atomic E-state index is 0.00138. The van der Waals surface area contributed by atoms with Crippen molar-refractivity contribution in [1.82, 2.24) is 16.0 Å². The number of nitrogens with one attached hydrogen (secondary N) is 3. The number of carbonyl (C=O) groups excluding carboxylic acids is 2. The highest BCUT2D eigenvalue weighted by molar-refractivity contribution is 6.30. The number of halogens is 3. The highest BCUT2D eigenvalue weighted by Gasteiger charge is 2.56. The van der Waals surface area contributed by atoms with Gasteiger partial charge in [-0.2, -0.15) is 0 Å². The molecule has 10 heteroatoms. The summed E-state index contributed by atoms with van der Waals surface area (Å²) < 4.78 is 19.1. The number of aliphatic hydroxyl groups is 1. The number of rotatable bonds is 6. The lowest BCUT2D eigenvalue weighted by Crippen LogP contribution is -2.71. The van der Waals surface area contributed by atoms with E-state index in [9.17, 15) is 19.1 Å². The van der Waals surface area contributed by atoms with Crippen molar-refractivity contribution in [2.24, 2.45) is 5.41 Å². The largest absolute Gasteiger partial charge is 0.484 e. The molecule has 1 heterocycles. The molecular formula is C32H46Cl2FN3O4. The zero-order chi connectivity index (χ0) is 29.8. The minimum Gasteiger partial charge on any atom is -0.484 e. The number of aliphatic hydroxyl groups excluding tert-OH is 1. The fourth-order valence-corrected chi connectivity index (χ4v) is 8.46. The quantitative estimate of drug-likeness (QED) is 0.301. The van der Waals surface area contributed by atoms with Crippen LogP contribution in [-0.2, 0) is 9.59 Å². The Morgan fingerprint density at radius 2 is 1.60 bits per heavy atom. The molecule has 2 bridgehead atoms. The van der Waals surface area contributed by atoms with Gasteiger partial charge in [0.25, 0.3) is 5.91 Å². The van der Waals surface area contributed by atoms with Gasteiger partial charge < -0.3 is 25.8 Å². The first kappa shape index (κ1) is 31.8. The molecule has 1 saturated heterocycles. The molecule has 0 aromatic heterocycles. The third kappa shape index (κ3) is 7.19. The summed E-state index contributed by atoms with van der Waals surface area (Å²) in [5.41, 5.74) is -1.26. The van der Waals surface area contributed by atoms with Crippen LogP contribution in [0.5, 0.6) is 5.75 Å². The van der Waals surface area contributed by atoms with E-state index in [1.807, 2.05) is 0 Å². The zero-order valence-electron chi connectivity index (χ0n) is 24.5. The van der Waals surface area contributed by atoms with E-state index in [1.165, 1.54) is 63.5 Å². The molecule has 5 aliphatic rings. The summed E-state index contributed by atoms with van der Waals surface area (Å²) in [5, 5.41) is 21.0. The van der Waals surface area contributed by atoms with Crippen LogP contribution in [0, 0.1) is 11.2 Å². The number of carbonyl (C=O) groups is 2. The Morgan fingerprint density at radius 1 is 0.952 bits per heavy atom. The lowest BCUT2D eigenvalue weighted by atomic mass is 9.59. The van der Waals surface area contributed by atoms with Crippen molar-refractivity contribution in [2.45, 2.75) is 131 Å². The smallest absolute Gasteiger partial charge is 0.258 e. The molecule has 1 aromatic rings. The first-order valence-corrected chi connectivity index (χ1v) is 16.7. The number of fused-ring (bicyclic) bond motifs is 3. The van der Waals surface area contributed by atoms with Crippen LogP contribution in [0.2, 0.25) is 5.02 Å². The van der Waals surface area contributed by atoms with Crippen LogP contribution in [0.15, 0.2) is 18.2 Å². The number of piperidine rings is 1. The number of amides is 2. The normalized spacial score (nSPS) is 33.4. The molecule has 234 valence electrons. The van der Waals surface area contributed by atoms with Crippen LogP contribution in [-0.4, -0.2) is 58.7 Å². The van der Waals surface area contributed by atoms with Crippen LogP contribution >= 0.6 is 23.2 Å². The van der Waals surface area contributed by atoms with Gasteiger partial charge in [-0.15, -0.1) is 11.6 Å². The second-order valence-electron chi connectivity index (χ2n) is 13.4. The Bertz CT molecular complexity index is 1100. The topological polar surface area (TPSA) is 99.7 Å². The molecule has 2 amide bonds. The molecule has 1 spiro atoms. The second kappa shape index (κ2) is 13.6. The minimum atomic E-state index is -0.794. The van der Waals surface area contributed by atoms with Gasteiger partial charge in [-0.3, -0.25) is 9.59 Å². The molecule has 0 radical (unpaired) electrons. The lowest BCUT2D eigenvalue weighted by molar-refractivity contribution is -0.137. The molecular weight excluding hydrogens is 580 g/mol. The summed E-state index contributed by atoms with van der Waals surface area (Å²) in [4.78, 5) is 26.5. The van der Waals surface area contributed by atoms with Gasteiger partial charge in [0.1, 0.15) is 11.6 Å². The number of benzene rings is 1. The van der Waals surface area contributed by atoms with E-state index < -0.39 is 23.0 Å².